The molecule has 2 aromatic carbocycles. The molecule has 0 aliphatic rings. The fourth-order valence-corrected chi connectivity index (χ4v) is 3.32. The lowest BCUT2D eigenvalue weighted by Crippen LogP contribution is -2.28. The minimum Gasteiger partial charge on any atom is -0.453 e. The zero-order valence-electron chi connectivity index (χ0n) is 17.2. The Kier molecular flexibility index (Phi) is 5.55. The highest BCUT2D eigenvalue weighted by atomic mass is 19.1. The summed E-state index contributed by atoms with van der Waals surface area (Å²) in [6.07, 6.45) is 2.63. The van der Waals surface area contributed by atoms with Gasteiger partial charge in [-0.1, -0.05) is 18.2 Å². The molecular formula is C23H18F2N4O3. The third-order valence-electron chi connectivity index (χ3n) is 4.94. The lowest BCUT2D eigenvalue weighted by atomic mass is 10.1. The molecule has 0 fully saturated rings. The van der Waals surface area contributed by atoms with Crippen LogP contribution in [0.2, 0.25) is 0 Å². The van der Waals surface area contributed by atoms with Gasteiger partial charge in [-0.05, 0) is 36.4 Å². The van der Waals surface area contributed by atoms with Crippen LogP contribution < -0.4 is 10.2 Å². The van der Waals surface area contributed by atoms with Gasteiger partial charge in [-0.2, -0.15) is 0 Å². The highest BCUT2D eigenvalue weighted by Gasteiger charge is 2.21. The van der Waals surface area contributed by atoms with E-state index in [0.717, 1.165) is 22.6 Å². The van der Waals surface area contributed by atoms with Crippen molar-refractivity contribution in [3.63, 3.8) is 0 Å². The van der Waals surface area contributed by atoms with Crippen LogP contribution in [-0.2, 0) is 4.74 Å². The summed E-state index contributed by atoms with van der Waals surface area (Å²) in [6.45, 7) is 0. The van der Waals surface area contributed by atoms with E-state index in [4.69, 9.17) is 0 Å². The number of anilines is 2. The smallest absolute Gasteiger partial charge is 0.411 e. The summed E-state index contributed by atoms with van der Waals surface area (Å²) in [5.74, 6) is -2.23. The van der Waals surface area contributed by atoms with E-state index in [-0.39, 0.29) is 5.56 Å². The molecule has 0 aliphatic carbocycles. The molecule has 2 aromatic heterocycles. The van der Waals surface area contributed by atoms with E-state index < -0.39 is 29.3 Å². The molecule has 0 saturated carbocycles. The van der Waals surface area contributed by atoms with Crippen molar-refractivity contribution in [2.45, 2.75) is 0 Å². The lowest BCUT2D eigenvalue weighted by Gasteiger charge is -2.19. The van der Waals surface area contributed by atoms with Crippen molar-refractivity contribution in [3.8, 4) is 11.3 Å². The van der Waals surface area contributed by atoms with Gasteiger partial charge in [0.15, 0.2) is 0 Å². The number of halogens is 2. The summed E-state index contributed by atoms with van der Waals surface area (Å²) in [6, 6.07) is 13.6. The normalized spacial score (nSPS) is 10.8. The monoisotopic (exact) mass is 436 g/mol. The topological polar surface area (TPSA) is 75.9 Å². The molecule has 2 heterocycles. The molecule has 32 heavy (non-hydrogen) atoms. The van der Waals surface area contributed by atoms with Gasteiger partial charge in [-0.15, -0.1) is 0 Å². The maximum absolute atomic E-state index is 14.1. The number of amides is 2. The number of imidazole rings is 1. The van der Waals surface area contributed by atoms with E-state index in [2.05, 4.69) is 15.0 Å². The third-order valence-corrected chi connectivity index (χ3v) is 4.94. The summed E-state index contributed by atoms with van der Waals surface area (Å²) >= 11 is 0. The van der Waals surface area contributed by atoms with Gasteiger partial charge in [-0.25, -0.2) is 18.6 Å². The summed E-state index contributed by atoms with van der Waals surface area (Å²) in [7, 11) is 2.59. The van der Waals surface area contributed by atoms with Gasteiger partial charge in [-0.3, -0.25) is 14.5 Å². The Morgan fingerprint density at radius 3 is 2.38 bits per heavy atom. The molecule has 0 aliphatic heterocycles. The van der Waals surface area contributed by atoms with E-state index in [1.54, 1.807) is 53.2 Å². The van der Waals surface area contributed by atoms with Gasteiger partial charge in [0, 0.05) is 24.5 Å². The van der Waals surface area contributed by atoms with Gasteiger partial charge in [0.1, 0.15) is 23.0 Å². The zero-order valence-corrected chi connectivity index (χ0v) is 17.2. The number of para-hydroxylation sites is 1. The Balaban J connectivity index is 1.67. The second kappa shape index (κ2) is 8.46. The molecule has 4 rings (SSSR count). The predicted molar refractivity (Wildman–Crippen MR) is 116 cm³/mol. The summed E-state index contributed by atoms with van der Waals surface area (Å²) < 4.78 is 34.5. The molecule has 9 heteroatoms. The molecule has 0 saturated heterocycles. The van der Waals surface area contributed by atoms with E-state index >= 15 is 0 Å². The molecule has 162 valence electrons. The highest BCUT2D eigenvalue weighted by molar-refractivity contribution is 6.06. The number of carbonyl (C=O) groups is 2. The number of benzene rings is 2. The number of hydrogen-bond acceptors (Lipinski definition) is 4. The van der Waals surface area contributed by atoms with E-state index in [9.17, 15) is 18.4 Å². The van der Waals surface area contributed by atoms with Crippen LogP contribution in [0.1, 0.15) is 10.4 Å². The summed E-state index contributed by atoms with van der Waals surface area (Å²) in [5.41, 5.74) is 2.43. The standard InChI is InChI=1S/C23H18F2N4O3/c1-28(21-17(24)4-3-5-18(21)25)22(30)15-8-11-20-26-12-19(29(20)13-15)14-6-9-16(10-7-14)27-23(31)32-2/h3-13H,1-2H3,(H,27,31). The number of rotatable bonds is 4. The van der Waals surface area contributed by atoms with Crippen LogP contribution in [0.15, 0.2) is 67.0 Å². The van der Waals surface area contributed by atoms with Gasteiger partial charge in [0.05, 0.1) is 24.6 Å². The molecule has 0 radical (unpaired) electrons. The molecule has 2 amide bonds. The quantitative estimate of drug-likeness (QED) is 0.502. The average Bonchev–Trinajstić information content (AvgIpc) is 3.22. The van der Waals surface area contributed by atoms with Crippen LogP contribution in [0.4, 0.5) is 25.0 Å². The molecule has 1 N–H and O–H groups in total. The van der Waals surface area contributed by atoms with Crippen LogP contribution in [0, 0.1) is 11.6 Å². The SMILES string of the molecule is COC(=O)Nc1ccc(-c2cnc3ccc(C(=O)N(C)c4c(F)cccc4F)cn23)cc1. The minimum atomic E-state index is -0.828. The van der Waals surface area contributed by atoms with Crippen LogP contribution >= 0.6 is 0 Å². The van der Waals surface area contributed by atoms with Crippen LogP contribution in [-0.4, -0.2) is 35.5 Å². The Hall–Kier alpha value is -4.27. The maximum Gasteiger partial charge on any atom is 0.411 e. The number of aromatic nitrogens is 2. The first-order chi connectivity index (χ1) is 15.4. The second-order valence-corrected chi connectivity index (χ2v) is 6.92. The Bertz CT molecular complexity index is 1300. The number of nitrogens with zero attached hydrogens (tertiary/aromatic N) is 3. The first kappa shape index (κ1) is 21.0. The lowest BCUT2D eigenvalue weighted by molar-refractivity contribution is 0.0991. The summed E-state index contributed by atoms with van der Waals surface area (Å²) in [5, 5.41) is 2.57. The Labute approximate surface area is 181 Å². The van der Waals surface area contributed by atoms with Gasteiger partial charge < -0.3 is 9.64 Å². The van der Waals surface area contributed by atoms with E-state index in [0.29, 0.717) is 17.0 Å². The fraction of sp³-hybridized carbons (Fsp3) is 0.0870. The molecule has 4 aromatic rings. The van der Waals surface area contributed by atoms with Crippen molar-refractivity contribution in [3.05, 3.63) is 84.2 Å². The molecular weight excluding hydrogens is 418 g/mol. The first-order valence-corrected chi connectivity index (χ1v) is 9.53. The molecule has 0 spiro atoms. The largest absolute Gasteiger partial charge is 0.453 e. The Morgan fingerprint density at radius 2 is 1.72 bits per heavy atom. The van der Waals surface area contributed by atoms with E-state index in [1.165, 1.54) is 20.2 Å². The van der Waals surface area contributed by atoms with Crippen LogP contribution in [0.25, 0.3) is 16.9 Å². The average molecular weight is 436 g/mol. The predicted octanol–water partition coefficient (Wildman–Crippen LogP) is 4.73. The molecule has 0 atom stereocenters. The van der Waals surface area contributed by atoms with Crippen LogP contribution in [0.5, 0.6) is 0 Å². The second-order valence-electron chi connectivity index (χ2n) is 6.92. The van der Waals surface area contributed by atoms with Crippen LogP contribution in [0.3, 0.4) is 0 Å². The number of fused-ring (bicyclic) bond motifs is 1. The number of carbonyl (C=O) groups excluding carboxylic acids is 2. The fourth-order valence-electron chi connectivity index (χ4n) is 3.32. The van der Waals surface area contributed by atoms with Crippen molar-refractivity contribution in [1.29, 1.82) is 0 Å². The van der Waals surface area contributed by atoms with Crippen molar-refractivity contribution < 1.29 is 23.1 Å². The van der Waals surface area contributed by atoms with E-state index in [1.807, 2.05) is 0 Å². The van der Waals surface area contributed by atoms with Crippen molar-refractivity contribution in [2.24, 2.45) is 0 Å². The first-order valence-electron chi connectivity index (χ1n) is 9.53. The summed E-state index contributed by atoms with van der Waals surface area (Å²) in [4.78, 5) is 29.6. The minimum absolute atomic E-state index is 0.228. The highest BCUT2D eigenvalue weighted by Crippen LogP contribution is 2.26. The molecule has 7 nitrogen and oxygen atoms in total. The van der Waals surface area contributed by atoms with Gasteiger partial charge in [0.2, 0.25) is 0 Å². The number of hydrogen-bond donors (Lipinski definition) is 1. The molecule has 0 unspecified atom stereocenters. The Morgan fingerprint density at radius 1 is 1.03 bits per heavy atom. The number of ether oxygens (including phenoxy) is 1. The maximum atomic E-state index is 14.1. The number of methoxy groups -OCH3 is 1. The van der Waals surface area contributed by atoms with Crippen molar-refractivity contribution in [1.82, 2.24) is 9.38 Å². The zero-order chi connectivity index (χ0) is 22.8. The number of pyridine rings is 1. The van der Waals surface area contributed by atoms with Gasteiger partial charge >= 0.3 is 6.09 Å². The number of nitrogens with one attached hydrogen (secondary N) is 1. The van der Waals surface area contributed by atoms with Gasteiger partial charge in [0.25, 0.3) is 5.91 Å². The molecule has 0 bridgehead atoms. The van der Waals surface area contributed by atoms with Crippen molar-refractivity contribution in [2.75, 3.05) is 24.4 Å². The third kappa shape index (κ3) is 3.87. The van der Waals surface area contributed by atoms with Crippen molar-refractivity contribution >= 4 is 29.0 Å².